The van der Waals surface area contributed by atoms with E-state index in [0.29, 0.717) is 6.54 Å². The summed E-state index contributed by atoms with van der Waals surface area (Å²) in [6.45, 7) is 4.52. The molecule has 122 valence electrons. The van der Waals surface area contributed by atoms with Crippen molar-refractivity contribution in [1.29, 1.82) is 0 Å². The second-order valence-corrected chi connectivity index (χ2v) is 5.18. The molecular formula is C17H26N2O3. The molecule has 0 spiro atoms. The van der Waals surface area contributed by atoms with Crippen molar-refractivity contribution in [2.45, 2.75) is 33.1 Å². The summed E-state index contributed by atoms with van der Waals surface area (Å²) >= 11 is 0. The van der Waals surface area contributed by atoms with E-state index in [2.05, 4.69) is 10.6 Å². The Bertz CT molecular complexity index is 485. The van der Waals surface area contributed by atoms with Crippen LogP contribution in [0.5, 0.6) is 5.75 Å². The number of carbonyl (C=O) groups is 2. The van der Waals surface area contributed by atoms with E-state index < -0.39 is 0 Å². The van der Waals surface area contributed by atoms with Gasteiger partial charge in [0.2, 0.25) is 11.8 Å². The van der Waals surface area contributed by atoms with Crippen molar-refractivity contribution < 1.29 is 14.3 Å². The molecule has 5 heteroatoms. The number of rotatable bonds is 9. The maximum absolute atomic E-state index is 11.8. The summed E-state index contributed by atoms with van der Waals surface area (Å²) in [4.78, 5) is 23.5. The van der Waals surface area contributed by atoms with E-state index in [4.69, 9.17) is 4.74 Å². The Morgan fingerprint density at radius 1 is 1.18 bits per heavy atom. The van der Waals surface area contributed by atoms with Crippen molar-refractivity contribution in [2.75, 3.05) is 20.2 Å². The fourth-order valence-corrected chi connectivity index (χ4v) is 2.21. The summed E-state index contributed by atoms with van der Waals surface area (Å²) < 4.78 is 5.16. The Labute approximate surface area is 132 Å². The minimum absolute atomic E-state index is 0.00964. The molecule has 22 heavy (non-hydrogen) atoms. The number of hydrogen-bond donors (Lipinski definition) is 2. The zero-order valence-electron chi connectivity index (χ0n) is 13.6. The Hall–Kier alpha value is -2.04. The second kappa shape index (κ2) is 9.82. The van der Waals surface area contributed by atoms with Gasteiger partial charge in [0.15, 0.2) is 0 Å². The molecule has 1 aromatic rings. The summed E-state index contributed by atoms with van der Waals surface area (Å²) in [5, 5.41) is 5.48. The van der Waals surface area contributed by atoms with Crippen molar-refractivity contribution >= 4 is 11.8 Å². The van der Waals surface area contributed by atoms with E-state index in [1.165, 1.54) is 0 Å². The molecule has 5 nitrogen and oxygen atoms in total. The fourth-order valence-electron chi connectivity index (χ4n) is 2.21. The van der Waals surface area contributed by atoms with Crippen LogP contribution in [0.15, 0.2) is 24.3 Å². The van der Waals surface area contributed by atoms with Gasteiger partial charge in [0.1, 0.15) is 5.75 Å². The largest absolute Gasteiger partial charge is 0.497 e. The molecule has 0 saturated carbocycles. The van der Waals surface area contributed by atoms with Gasteiger partial charge in [0.05, 0.1) is 13.7 Å². The summed E-state index contributed by atoms with van der Waals surface area (Å²) in [5.41, 5.74) is 1.10. The molecule has 0 atom stereocenters. The van der Waals surface area contributed by atoms with Gasteiger partial charge in [-0.15, -0.1) is 0 Å². The Morgan fingerprint density at radius 2 is 1.91 bits per heavy atom. The lowest BCUT2D eigenvalue weighted by molar-refractivity contribution is -0.128. The first-order valence-corrected chi connectivity index (χ1v) is 7.78. The van der Waals surface area contributed by atoms with Gasteiger partial charge in [-0.1, -0.05) is 26.0 Å². The highest BCUT2D eigenvalue weighted by Gasteiger charge is 2.14. The lowest BCUT2D eigenvalue weighted by atomic mass is 10.0. The van der Waals surface area contributed by atoms with Crippen molar-refractivity contribution in [3.63, 3.8) is 0 Å². The first-order chi connectivity index (χ1) is 10.6. The van der Waals surface area contributed by atoms with Crippen molar-refractivity contribution in [3.05, 3.63) is 29.8 Å². The van der Waals surface area contributed by atoms with Gasteiger partial charge in [-0.2, -0.15) is 0 Å². The van der Waals surface area contributed by atoms with Gasteiger partial charge >= 0.3 is 0 Å². The predicted octanol–water partition coefficient (Wildman–Crippen LogP) is 1.91. The van der Waals surface area contributed by atoms with Gasteiger partial charge < -0.3 is 15.4 Å². The van der Waals surface area contributed by atoms with Crippen LogP contribution in [0.25, 0.3) is 0 Å². The summed E-state index contributed by atoms with van der Waals surface area (Å²) in [7, 11) is 1.63. The number of carbonyl (C=O) groups excluding carboxylic acids is 2. The highest BCUT2D eigenvalue weighted by atomic mass is 16.5. The lowest BCUT2D eigenvalue weighted by Crippen LogP contribution is -2.40. The molecule has 2 amide bonds. The molecule has 0 heterocycles. The predicted molar refractivity (Wildman–Crippen MR) is 86.8 cm³/mol. The van der Waals surface area contributed by atoms with Gasteiger partial charge in [0, 0.05) is 12.5 Å². The normalized spacial score (nSPS) is 10.4. The van der Waals surface area contributed by atoms with Gasteiger partial charge in [-0.05, 0) is 37.0 Å². The van der Waals surface area contributed by atoms with Crippen LogP contribution < -0.4 is 15.4 Å². The van der Waals surface area contributed by atoms with Crippen LogP contribution >= 0.6 is 0 Å². The van der Waals surface area contributed by atoms with E-state index in [9.17, 15) is 9.59 Å². The molecule has 0 saturated heterocycles. The zero-order valence-corrected chi connectivity index (χ0v) is 13.6. The molecule has 0 aliphatic rings. The third-order valence-electron chi connectivity index (χ3n) is 3.65. The number of methoxy groups -OCH3 is 1. The number of nitrogens with one attached hydrogen (secondary N) is 2. The highest BCUT2D eigenvalue weighted by Crippen LogP contribution is 2.12. The zero-order chi connectivity index (χ0) is 16.4. The van der Waals surface area contributed by atoms with Crippen LogP contribution in [0.4, 0.5) is 0 Å². The molecular weight excluding hydrogens is 280 g/mol. The van der Waals surface area contributed by atoms with E-state index >= 15 is 0 Å². The number of amides is 2. The topological polar surface area (TPSA) is 67.4 Å². The average molecular weight is 306 g/mol. The Kier molecular flexibility index (Phi) is 8.04. The Morgan fingerprint density at radius 3 is 2.55 bits per heavy atom. The van der Waals surface area contributed by atoms with Crippen LogP contribution in [0, 0.1) is 5.92 Å². The van der Waals surface area contributed by atoms with Crippen LogP contribution in [-0.2, 0) is 16.0 Å². The third-order valence-corrected chi connectivity index (χ3v) is 3.65. The lowest BCUT2D eigenvalue weighted by Gasteiger charge is -2.12. The molecule has 0 unspecified atom stereocenters. The van der Waals surface area contributed by atoms with E-state index in [-0.39, 0.29) is 24.3 Å². The highest BCUT2D eigenvalue weighted by molar-refractivity contribution is 5.85. The smallest absolute Gasteiger partial charge is 0.239 e. The summed E-state index contributed by atoms with van der Waals surface area (Å²) in [6, 6.07) is 7.74. The van der Waals surface area contributed by atoms with E-state index in [1.807, 2.05) is 38.1 Å². The summed E-state index contributed by atoms with van der Waals surface area (Å²) in [5.74, 6) is 0.584. The quantitative estimate of drug-likeness (QED) is 0.732. The first kappa shape index (κ1) is 18.0. The van der Waals surface area contributed by atoms with Crippen LogP contribution in [0.3, 0.4) is 0 Å². The SMILES string of the molecule is CCC(CC)C(=O)NCC(=O)NCCc1cccc(OC)c1. The summed E-state index contributed by atoms with van der Waals surface area (Å²) in [6.07, 6.45) is 2.31. The minimum Gasteiger partial charge on any atom is -0.497 e. The maximum Gasteiger partial charge on any atom is 0.239 e. The van der Waals surface area contributed by atoms with Gasteiger partial charge in [-0.25, -0.2) is 0 Å². The molecule has 2 N–H and O–H groups in total. The second-order valence-electron chi connectivity index (χ2n) is 5.18. The minimum atomic E-state index is -0.165. The van der Waals surface area contributed by atoms with E-state index in [0.717, 1.165) is 30.6 Å². The monoisotopic (exact) mass is 306 g/mol. The molecule has 0 bridgehead atoms. The molecule has 0 aromatic heterocycles. The number of ether oxygens (including phenoxy) is 1. The van der Waals surface area contributed by atoms with Gasteiger partial charge in [-0.3, -0.25) is 9.59 Å². The first-order valence-electron chi connectivity index (χ1n) is 7.78. The van der Waals surface area contributed by atoms with Crippen LogP contribution in [0.2, 0.25) is 0 Å². The molecule has 1 aromatic carbocycles. The van der Waals surface area contributed by atoms with Crippen LogP contribution in [-0.4, -0.2) is 32.0 Å². The molecule has 0 radical (unpaired) electrons. The fraction of sp³-hybridized carbons (Fsp3) is 0.529. The van der Waals surface area contributed by atoms with Crippen molar-refractivity contribution in [1.82, 2.24) is 10.6 Å². The van der Waals surface area contributed by atoms with Crippen molar-refractivity contribution in [3.8, 4) is 5.75 Å². The molecule has 0 fully saturated rings. The van der Waals surface area contributed by atoms with E-state index in [1.54, 1.807) is 7.11 Å². The maximum atomic E-state index is 11.8. The van der Waals surface area contributed by atoms with Crippen molar-refractivity contribution in [2.24, 2.45) is 5.92 Å². The van der Waals surface area contributed by atoms with Gasteiger partial charge in [0.25, 0.3) is 0 Å². The number of hydrogen-bond acceptors (Lipinski definition) is 3. The number of benzene rings is 1. The molecule has 0 aliphatic carbocycles. The molecule has 0 aliphatic heterocycles. The standard InChI is InChI=1S/C17H26N2O3/c1-4-14(5-2)17(21)19-12-16(20)18-10-9-13-7-6-8-15(11-13)22-3/h6-8,11,14H,4-5,9-10,12H2,1-3H3,(H,18,20)(H,19,21). The average Bonchev–Trinajstić information content (AvgIpc) is 2.54. The Balaban J connectivity index is 2.27. The third kappa shape index (κ3) is 6.16. The molecule has 1 rings (SSSR count). The van der Waals surface area contributed by atoms with Crippen LogP contribution in [0.1, 0.15) is 32.3 Å².